The van der Waals surface area contributed by atoms with E-state index in [1.54, 1.807) is 0 Å². The van der Waals surface area contributed by atoms with E-state index in [-0.39, 0.29) is 0 Å². The zero-order valence-corrected chi connectivity index (χ0v) is 13.9. The molecule has 0 aliphatic heterocycles. The fourth-order valence-corrected chi connectivity index (χ4v) is 3.23. The lowest BCUT2D eigenvalue weighted by Gasteiger charge is -2.22. The lowest BCUT2D eigenvalue weighted by molar-refractivity contribution is 0.574. The van der Waals surface area contributed by atoms with Crippen LogP contribution in [0.4, 0.5) is 0 Å². The maximum Gasteiger partial charge on any atom is 0.0414 e. The highest BCUT2D eigenvalue weighted by atomic mass is 32.2. The quantitative estimate of drug-likeness (QED) is 0.728. The van der Waals surface area contributed by atoms with Crippen molar-refractivity contribution in [2.45, 2.75) is 58.8 Å². The number of rotatable bonds is 8. The van der Waals surface area contributed by atoms with Crippen molar-refractivity contribution >= 4 is 11.8 Å². The lowest BCUT2D eigenvalue weighted by Crippen LogP contribution is -2.25. The Balaban J connectivity index is 2.76. The molecular weight excluding hydrogens is 250 g/mol. The Morgan fingerprint density at radius 3 is 2.53 bits per heavy atom. The Labute approximate surface area is 123 Å². The predicted molar refractivity (Wildman–Crippen MR) is 89.2 cm³/mol. The molecule has 19 heavy (non-hydrogen) atoms. The van der Waals surface area contributed by atoms with Gasteiger partial charge in [0, 0.05) is 17.0 Å². The van der Waals surface area contributed by atoms with Gasteiger partial charge in [-0.2, -0.15) is 11.8 Å². The first-order valence-electron chi connectivity index (χ1n) is 7.50. The summed E-state index contributed by atoms with van der Waals surface area (Å²) in [5.41, 5.74) is 4.23. The first kappa shape index (κ1) is 16.6. The van der Waals surface area contributed by atoms with Gasteiger partial charge in [-0.05, 0) is 44.4 Å². The molecule has 0 fully saturated rings. The zero-order chi connectivity index (χ0) is 14.3. The predicted octanol–water partition coefficient (Wildman–Crippen LogP) is 4.88. The summed E-state index contributed by atoms with van der Waals surface area (Å²) in [5.74, 6) is 1.17. The summed E-state index contributed by atoms with van der Waals surface area (Å²) in [6.07, 6.45) is 2.44. The molecule has 0 aliphatic carbocycles. The van der Waals surface area contributed by atoms with Crippen molar-refractivity contribution < 1.29 is 0 Å². The monoisotopic (exact) mass is 279 g/mol. The third-order valence-electron chi connectivity index (χ3n) is 3.56. The van der Waals surface area contributed by atoms with Gasteiger partial charge in [0.25, 0.3) is 0 Å². The van der Waals surface area contributed by atoms with Crippen LogP contribution in [0, 0.1) is 13.8 Å². The number of aryl methyl sites for hydroxylation is 2. The Hall–Kier alpha value is -0.470. The third kappa shape index (κ3) is 5.58. The van der Waals surface area contributed by atoms with Crippen molar-refractivity contribution in [3.63, 3.8) is 0 Å². The Bertz CT molecular complexity index is 376. The topological polar surface area (TPSA) is 12.0 Å². The Morgan fingerprint density at radius 1 is 1.21 bits per heavy atom. The van der Waals surface area contributed by atoms with Gasteiger partial charge in [-0.15, -0.1) is 0 Å². The molecule has 0 heterocycles. The molecule has 1 aromatic rings. The molecule has 2 unspecified atom stereocenters. The lowest BCUT2D eigenvalue weighted by atomic mass is 10.00. The average molecular weight is 279 g/mol. The van der Waals surface area contributed by atoms with Crippen molar-refractivity contribution in [2.24, 2.45) is 0 Å². The SMILES string of the molecule is CCCNC(CSC(C)CC)c1ccc(C)cc1C. The Morgan fingerprint density at radius 2 is 1.95 bits per heavy atom. The van der Waals surface area contributed by atoms with Gasteiger partial charge >= 0.3 is 0 Å². The van der Waals surface area contributed by atoms with E-state index in [9.17, 15) is 0 Å². The first-order chi connectivity index (χ1) is 9.08. The second-order valence-corrected chi connectivity index (χ2v) is 6.89. The van der Waals surface area contributed by atoms with Gasteiger partial charge in [0.05, 0.1) is 0 Å². The van der Waals surface area contributed by atoms with Gasteiger partial charge in [0.2, 0.25) is 0 Å². The molecule has 1 N–H and O–H groups in total. The molecule has 2 heteroatoms. The highest BCUT2D eigenvalue weighted by Crippen LogP contribution is 2.25. The fraction of sp³-hybridized carbons (Fsp3) is 0.647. The number of thioether (sulfide) groups is 1. The van der Waals surface area contributed by atoms with Crippen molar-refractivity contribution in [1.29, 1.82) is 0 Å². The molecule has 0 bridgehead atoms. The summed E-state index contributed by atoms with van der Waals surface area (Å²) >= 11 is 2.08. The van der Waals surface area contributed by atoms with E-state index in [0.29, 0.717) is 6.04 Å². The number of nitrogens with one attached hydrogen (secondary N) is 1. The maximum atomic E-state index is 3.70. The summed E-state index contributed by atoms with van der Waals surface area (Å²) in [6.45, 7) is 12.3. The van der Waals surface area contributed by atoms with Crippen LogP contribution >= 0.6 is 11.8 Å². The zero-order valence-electron chi connectivity index (χ0n) is 13.1. The minimum Gasteiger partial charge on any atom is -0.309 e. The largest absolute Gasteiger partial charge is 0.309 e. The van der Waals surface area contributed by atoms with Crippen molar-refractivity contribution in [2.75, 3.05) is 12.3 Å². The normalized spacial score (nSPS) is 14.4. The maximum absolute atomic E-state index is 3.70. The molecule has 1 nitrogen and oxygen atoms in total. The van der Waals surface area contributed by atoms with Crippen molar-refractivity contribution in [1.82, 2.24) is 5.32 Å². The van der Waals surface area contributed by atoms with Crippen LogP contribution in [-0.2, 0) is 0 Å². The van der Waals surface area contributed by atoms with Crippen LogP contribution < -0.4 is 5.32 Å². The van der Waals surface area contributed by atoms with Gasteiger partial charge in [-0.3, -0.25) is 0 Å². The van der Waals surface area contributed by atoms with Crippen LogP contribution in [-0.4, -0.2) is 17.5 Å². The average Bonchev–Trinajstić information content (AvgIpc) is 2.39. The minimum absolute atomic E-state index is 0.486. The summed E-state index contributed by atoms with van der Waals surface area (Å²) in [6, 6.07) is 7.31. The minimum atomic E-state index is 0.486. The molecule has 0 aliphatic rings. The van der Waals surface area contributed by atoms with Crippen molar-refractivity contribution in [3.05, 3.63) is 34.9 Å². The number of hydrogen-bond donors (Lipinski definition) is 1. The number of benzene rings is 1. The van der Waals surface area contributed by atoms with Gasteiger partial charge in [0.1, 0.15) is 0 Å². The van der Waals surface area contributed by atoms with Crippen LogP contribution in [0.15, 0.2) is 18.2 Å². The molecule has 0 saturated carbocycles. The van der Waals surface area contributed by atoms with E-state index in [1.165, 1.54) is 35.3 Å². The second-order valence-electron chi connectivity index (χ2n) is 5.42. The van der Waals surface area contributed by atoms with Crippen LogP contribution in [0.25, 0.3) is 0 Å². The molecule has 0 aromatic heterocycles. The van der Waals surface area contributed by atoms with Gasteiger partial charge in [-0.1, -0.05) is 44.5 Å². The molecule has 0 spiro atoms. The van der Waals surface area contributed by atoms with E-state index >= 15 is 0 Å². The van der Waals surface area contributed by atoms with Crippen LogP contribution in [0.5, 0.6) is 0 Å². The molecule has 1 rings (SSSR count). The van der Waals surface area contributed by atoms with E-state index < -0.39 is 0 Å². The third-order valence-corrected chi connectivity index (χ3v) is 4.99. The molecular formula is C17H29NS. The van der Waals surface area contributed by atoms with E-state index in [1.807, 2.05) is 0 Å². The van der Waals surface area contributed by atoms with Crippen LogP contribution in [0.2, 0.25) is 0 Å². The Kier molecular flexibility index (Phi) is 7.55. The van der Waals surface area contributed by atoms with E-state index in [0.717, 1.165) is 11.8 Å². The van der Waals surface area contributed by atoms with Gasteiger partial charge in [-0.25, -0.2) is 0 Å². The first-order valence-corrected chi connectivity index (χ1v) is 8.55. The number of hydrogen-bond acceptors (Lipinski definition) is 2. The fourth-order valence-electron chi connectivity index (χ4n) is 2.17. The summed E-state index contributed by atoms with van der Waals surface area (Å²) in [7, 11) is 0. The standard InChI is InChI=1S/C17H29NS/c1-6-10-18-17(12-19-15(5)7-2)16-9-8-13(3)11-14(16)4/h8-9,11,15,17-18H,6-7,10,12H2,1-5H3. The second kappa shape index (κ2) is 8.65. The molecule has 108 valence electrons. The van der Waals surface area contributed by atoms with E-state index in [2.05, 4.69) is 69.9 Å². The molecule has 0 saturated heterocycles. The highest BCUT2D eigenvalue weighted by Gasteiger charge is 2.14. The van der Waals surface area contributed by atoms with Gasteiger partial charge in [0.15, 0.2) is 0 Å². The summed E-state index contributed by atoms with van der Waals surface area (Å²) in [4.78, 5) is 0. The molecule has 1 aromatic carbocycles. The highest BCUT2D eigenvalue weighted by molar-refractivity contribution is 7.99. The van der Waals surface area contributed by atoms with Crippen molar-refractivity contribution in [3.8, 4) is 0 Å². The molecule has 0 radical (unpaired) electrons. The van der Waals surface area contributed by atoms with Gasteiger partial charge < -0.3 is 5.32 Å². The summed E-state index contributed by atoms with van der Waals surface area (Å²) < 4.78 is 0. The molecule has 2 atom stereocenters. The smallest absolute Gasteiger partial charge is 0.0414 e. The summed E-state index contributed by atoms with van der Waals surface area (Å²) in [5, 5.41) is 4.45. The van der Waals surface area contributed by atoms with Crippen LogP contribution in [0.3, 0.4) is 0 Å². The van der Waals surface area contributed by atoms with Crippen LogP contribution in [0.1, 0.15) is 56.3 Å². The molecule has 0 amide bonds. The van der Waals surface area contributed by atoms with E-state index in [4.69, 9.17) is 0 Å².